The Labute approximate surface area is 114 Å². The van der Waals surface area contributed by atoms with Gasteiger partial charge in [-0.2, -0.15) is 5.10 Å². The molecule has 0 fully saturated rings. The van der Waals surface area contributed by atoms with Gasteiger partial charge in [-0.15, -0.1) is 11.3 Å². The largest absolute Gasteiger partial charge is 0.323 e. The highest BCUT2D eigenvalue weighted by Crippen LogP contribution is 2.15. The molecule has 0 spiro atoms. The van der Waals surface area contributed by atoms with E-state index in [1.54, 1.807) is 11.4 Å². The van der Waals surface area contributed by atoms with Gasteiger partial charge in [0, 0.05) is 19.2 Å². The maximum Gasteiger partial charge on any atom is 0.250 e. The van der Waals surface area contributed by atoms with E-state index in [-0.39, 0.29) is 23.1 Å². The third-order valence-corrected chi connectivity index (χ3v) is 5.04. The fourth-order valence-corrected chi connectivity index (χ4v) is 3.40. The maximum atomic E-state index is 11.7. The number of nitrogens with zero attached hydrogens (tertiary/aromatic N) is 1. The molecule has 9 heteroatoms. The Hall–Kier alpha value is -1.71. The minimum absolute atomic E-state index is 0.0456. The molecular formula is C10H12N4O3S2. The van der Waals surface area contributed by atoms with Gasteiger partial charge in [0.25, 0.3) is 0 Å². The summed E-state index contributed by atoms with van der Waals surface area (Å²) in [6, 6.07) is 3.17. The minimum atomic E-state index is -3.50. The number of aromatic nitrogens is 2. The third-order valence-electron chi connectivity index (χ3n) is 2.19. The van der Waals surface area contributed by atoms with E-state index in [2.05, 4.69) is 20.2 Å². The van der Waals surface area contributed by atoms with Crippen molar-refractivity contribution in [2.75, 3.05) is 11.9 Å². The molecule has 2 heterocycles. The number of hydrogen-bond donors (Lipinski definition) is 3. The first kappa shape index (κ1) is 13.7. The van der Waals surface area contributed by atoms with E-state index in [4.69, 9.17) is 0 Å². The summed E-state index contributed by atoms with van der Waals surface area (Å²) in [5.74, 6) is -0.282. The van der Waals surface area contributed by atoms with Crippen molar-refractivity contribution < 1.29 is 13.2 Å². The first-order valence-corrected chi connectivity index (χ1v) is 7.76. The number of sulfonamides is 1. The molecule has 102 valence electrons. The molecule has 0 aliphatic carbocycles. The highest BCUT2D eigenvalue weighted by atomic mass is 32.2. The Kier molecular flexibility index (Phi) is 4.30. The molecule has 0 bridgehead atoms. The molecule has 2 rings (SSSR count). The lowest BCUT2D eigenvalue weighted by molar-refractivity contribution is -0.116. The zero-order chi connectivity index (χ0) is 13.7. The molecule has 2 aromatic heterocycles. The quantitative estimate of drug-likeness (QED) is 0.733. The second-order valence-corrected chi connectivity index (χ2v) is 6.56. The topological polar surface area (TPSA) is 104 Å². The summed E-state index contributed by atoms with van der Waals surface area (Å²) in [5.41, 5.74) is 0.547. The number of hydrogen-bond acceptors (Lipinski definition) is 5. The van der Waals surface area contributed by atoms with Crippen molar-refractivity contribution in [2.24, 2.45) is 0 Å². The third kappa shape index (κ3) is 3.88. The standard InChI is InChI=1S/C10H12N4O3S2/c15-9(14-8-6-11-12-7-8)3-4-13-19(16,17)10-2-1-5-18-10/h1-2,5-7,13H,3-4H2,(H,11,12)(H,14,15). The van der Waals surface area contributed by atoms with Gasteiger partial charge in [-0.05, 0) is 11.4 Å². The average molecular weight is 300 g/mol. The van der Waals surface area contributed by atoms with E-state index in [1.807, 2.05) is 0 Å². The van der Waals surface area contributed by atoms with Gasteiger partial charge in [-0.1, -0.05) is 6.07 Å². The van der Waals surface area contributed by atoms with Gasteiger partial charge in [0.2, 0.25) is 15.9 Å². The Morgan fingerprint density at radius 1 is 1.47 bits per heavy atom. The van der Waals surface area contributed by atoms with Crippen LogP contribution in [0.25, 0.3) is 0 Å². The second kappa shape index (κ2) is 5.95. The van der Waals surface area contributed by atoms with Crippen LogP contribution in [0.5, 0.6) is 0 Å². The lowest BCUT2D eigenvalue weighted by atomic mass is 10.4. The van der Waals surface area contributed by atoms with Gasteiger partial charge >= 0.3 is 0 Å². The number of rotatable bonds is 6. The summed E-state index contributed by atoms with van der Waals surface area (Å²) >= 11 is 1.13. The van der Waals surface area contributed by atoms with Gasteiger partial charge in [-0.25, -0.2) is 13.1 Å². The monoisotopic (exact) mass is 300 g/mol. The number of amides is 1. The lowest BCUT2D eigenvalue weighted by Gasteiger charge is -2.04. The fourth-order valence-electron chi connectivity index (χ4n) is 1.33. The van der Waals surface area contributed by atoms with Crippen LogP contribution in [0.1, 0.15) is 6.42 Å². The van der Waals surface area contributed by atoms with Crippen molar-refractivity contribution in [3.8, 4) is 0 Å². The van der Waals surface area contributed by atoms with Crippen molar-refractivity contribution in [3.05, 3.63) is 29.9 Å². The van der Waals surface area contributed by atoms with E-state index < -0.39 is 10.0 Å². The Balaban J connectivity index is 1.79. The molecule has 1 amide bonds. The van der Waals surface area contributed by atoms with Gasteiger partial charge in [0.1, 0.15) is 4.21 Å². The predicted molar refractivity (Wildman–Crippen MR) is 71.3 cm³/mol. The zero-order valence-corrected chi connectivity index (χ0v) is 11.4. The molecule has 19 heavy (non-hydrogen) atoms. The van der Waals surface area contributed by atoms with Gasteiger partial charge in [0.15, 0.2) is 0 Å². The Morgan fingerprint density at radius 3 is 2.95 bits per heavy atom. The molecule has 0 atom stereocenters. The molecule has 0 saturated carbocycles. The molecule has 0 aliphatic rings. The first-order valence-electron chi connectivity index (χ1n) is 5.40. The zero-order valence-electron chi connectivity index (χ0n) is 9.79. The van der Waals surface area contributed by atoms with Crippen molar-refractivity contribution in [1.82, 2.24) is 14.9 Å². The smallest absolute Gasteiger partial charge is 0.250 e. The van der Waals surface area contributed by atoms with Crippen molar-refractivity contribution >= 4 is 33.0 Å². The summed E-state index contributed by atoms with van der Waals surface area (Å²) in [7, 11) is -3.50. The fraction of sp³-hybridized carbons (Fsp3) is 0.200. The normalized spacial score (nSPS) is 11.4. The number of nitrogens with one attached hydrogen (secondary N) is 3. The highest BCUT2D eigenvalue weighted by Gasteiger charge is 2.14. The van der Waals surface area contributed by atoms with E-state index in [1.165, 1.54) is 18.5 Å². The van der Waals surface area contributed by atoms with Crippen LogP contribution < -0.4 is 10.0 Å². The van der Waals surface area contributed by atoms with E-state index in [0.717, 1.165) is 11.3 Å². The van der Waals surface area contributed by atoms with Crippen LogP contribution >= 0.6 is 11.3 Å². The number of H-pyrrole nitrogens is 1. The summed E-state index contributed by atoms with van der Waals surface area (Å²) in [6.07, 6.45) is 3.05. The summed E-state index contributed by atoms with van der Waals surface area (Å²) in [6.45, 7) is 0.0456. The van der Waals surface area contributed by atoms with Gasteiger partial charge < -0.3 is 5.32 Å². The summed E-state index contributed by atoms with van der Waals surface area (Å²) < 4.78 is 26.1. The Bertz CT molecular complexity index is 620. The van der Waals surface area contributed by atoms with E-state index >= 15 is 0 Å². The molecule has 0 aliphatic heterocycles. The van der Waals surface area contributed by atoms with Gasteiger partial charge in [0.05, 0.1) is 11.9 Å². The molecular weight excluding hydrogens is 288 g/mol. The predicted octanol–water partition coefficient (Wildman–Crippen LogP) is 0.778. The molecule has 7 nitrogen and oxygen atoms in total. The van der Waals surface area contributed by atoms with Crippen molar-refractivity contribution in [1.29, 1.82) is 0 Å². The summed E-state index contributed by atoms with van der Waals surface area (Å²) in [4.78, 5) is 11.5. The number of carbonyl (C=O) groups excluding carboxylic acids is 1. The SMILES string of the molecule is O=C(CCNS(=O)(=O)c1cccs1)Nc1cn[nH]c1. The summed E-state index contributed by atoms with van der Waals surface area (Å²) in [5, 5.41) is 10.5. The maximum absolute atomic E-state index is 11.7. The minimum Gasteiger partial charge on any atom is -0.323 e. The molecule has 0 saturated heterocycles. The average Bonchev–Trinajstić information content (AvgIpc) is 3.00. The van der Waals surface area contributed by atoms with Gasteiger partial charge in [-0.3, -0.25) is 9.89 Å². The molecule has 0 unspecified atom stereocenters. The number of thiophene rings is 1. The number of aromatic amines is 1. The number of anilines is 1. The van der Waals surface area contributed by atoms with E-state index in [0.29, 0.717) is 5.69 Å². The Morgan fingerprint density at radius 2 is 2.32 bits per heavy atom. The van der Waals surface area contributed by atoms with Crippen LogP contribution in [-0.4, -0.2) is 31.1 Å². The van der Waals surface area contributed by atoms with Crippen LogP contribution in [0.4, 0.5) is 5.69 Å². The van der Waals surface area contributed by atoms with Crippen LogP contribution in [0.15, 0.2) is 34.1 Å². The van der Waals surface area contributed by atoms with Crippen molar-refractivity contribution in [2.45, 2.75) is 10.6 Å². The molecule has 0 aromatic carbocycles. The second-order valence-electron chi connectivity index (χ2n) is 3.62. The van der Waals surface area contributed by atoms with Crippen LogP contribution in [0.3, 0.4) is 0 Å². The van der Waals surface area contributed by atoms with Crippen LogP contribution in [0, 0.1) is 0 Å². The molecule has 2 aromatic rings. The highest BCUT2D eigenvalue weighted by molar-refractivity contribution is 7.91. The van der Waals surface area contributed by atoms with E-state index in [9.17, 15) is 13.2 Å². The van der Waals surface area contributed by atoms with Crippen LogP contribution in [0.2, 0.25) is 0 Å². The molecule has 3 N–H and O–H groups in total. The lowest BCUT2D eigenvalue weighted by Crippen LogP contribution is -2.27. The first-order chi connectivity index (χ1) is 9.08. The number of carbonyl (C=O) groups is 1. The molecule has 0 radical (unpaired) electrons. The van der Waals surface area contributed by atoms with Crippen molar-refractivity contribution in [3.63, 3.8) is 0 Å². The van der Waals surface area contributed by atoms with Crippen LogP contribution in [-0.2, 0) is 14.8 Å².